The van der Waals surface area contributed by atoms with Crippen molar-refractivity contribution in [3.05, 3.63) is 53.0 Å². The number of pyridine rings is 1. The van der Waals surface area contributed by atoms with Gasteiger partial charge in [0, 0.05) is 42.3 Å². The summed E-state index contributed by atoms with van der Waals surface area (Å²) in [6, 6.07) is 8.76. The molecule has 0 unspecified atom stereocenters. The van der Waals surface area contributed by atoms with Gasteiger partial charge in [0.25, 0.3) is 0 Å². The summed E-state index contributed by atoms with van der Waals surface area (Å²) >= 11 is 0. The Morgan fingerprint density at radius 2 is 1.97 bits per heavy atom. The molecule has 4 heterocycles. The normalized spacial score (nSPS) is 18.9. The van der Waals surface area contributed by atoms with E-state index in [1.54, 1.807) is 17.7 Å². The number of hydrogen-bond donors (Lipinski definition) is 0. The van der Waals surface area contributed by atoms with Crippen LogP contribution in [0.2, 0.25) is 0 Å². The molecule has 0 radical (unpaired) electrons. The van der Waals surface area contributed by atoms with Gasteiger partial charge in [-0.2, -0.15) is 4.39 Å². The Labute approximate surface area is 172 Å². The molecule has 0 aliphatic carbocycles. The van der Waals surface area contributed by atoms with Gasteiger partial charge in [-0.05, 0) is 36.2 Å². The van der Waals surface area contributed by atoms with E-state index >= 15 is 0 Å². The molecule has 3 aromatic heterocycles. The van der Waals surface area contributed by atoms with Crippen molar-refractivity contribution < 1.29 is 9.13 Å². The monoisotopic (exact) mass is 407 g/mol. The third kappa shape index (κ3) is 2.82. The van der Waals surface area contributed by atoms with Crippen molar-refractivity contribution in [2.45, 2.75) is 26.3 Å². The number of ether oxygens (including phenoxy) is 1. The molecule has 8 heteroatoms. The summed E-state index contributed by atoms with van der Waals surface area (Å²) in [6.07, 6.45) is 2.25. The topological polar surface area (TPSA) is 74.8 Å². The van der Waals surface area contributed by atoms with E-state index in [4.69, 9.17) is 4.74 Å². The highest BCUT2D eigenvalue weighted by atomic mass is 19.1. The fourth-order valence-corrected chi connectivity index (χ4v) is 4.40. The summed E-state index contributed by atoms with van der Waals surface area (Å²) in [5.74, 6) is -0.522. The Hall–Kier alpha value is -3.13. The maximum atomic E-state index is 13.3. The van der Waals surface area contributed by atoms with Crippen LogP contribution in [0.25, 0.3) is 33.2 Å². The van der Waals surface area contributed by atoms with Gasteiger partial charge in [0.1, 0.15) is 5.52 Å². The van der Waals surface area contributed by atoms with E-state index in [2.05, 4.69) is 29.0 Å². The quantitative estimate of drug-likeness (QED) is 0.476. The zero-order valence-corrected chi connectivity index (χ0v) is 17.1. The fourth-order valence-electron chi connectivity index (χ4n) is 4.40. The molecule has 0 saturated carbocycles. The molecule has 0 amide bonds. The summed E-state index contributed by atoms with van der Waals surface area (Å²) in [6.45, 7) is 5.44. The van der Waals surface area contributed by atoms with E-state index < -0.39 is 5.95 Å². The molecular formula is C22H22FN5O2. The standard InChI is InChI=1S/C22H22FN5O2/c1-22(2)12-30-9-8-17(22)28-19-15-10-13(14-5-7-18(23)24-11-14)4-6-16(15)25-26-20(19)27(3)21(28)29/h4-7,10-11,17H,8-9,12H2,1-3H3/t17-/m0/s1. The lowest BCUT2D eigenvalue weighted by molar-refractivity contribution is -0.0253. The lowest BCUT2D eigenvalue weighted by atomic mass is 9.81. The van der Waals surface area contributed by atoms with Gasteiger partial charge in [0.05, 0.1) is 12.1 Å². The molecule has 4 aromatic rings. The Morgan fingerprint density at radius 3 is 2.70 bits per heavy atom. The first-order chi connectivity index (χ1) is 14.4. The van der Waals surface area contributed by atoms with Crippen LogP contribution in [0.3, 0.4) is 0 Å². The van der Waals surface area contributed by atoms with Gasteiger partial charge in [-0.3, -0.25) is 9.13 Å². The lowest BCUT2D eigenvalue weighted by Gasteiger charge is -2.38. The Bertz CT molecular complexity index is 1320. The number of halogens is 1. The van der Waals surface area contributed by atoms with Crippen LogP contribution in [0.4, 0.5) is 4.39 Å². The van der Waals surface area contributed by atoms with Gasteiger partial charge in [0.2, 0.25) is 5.95 Å². The average molecular weight is 407 g/mol. The molecule has 30 heavy (non-hydrogen) atoms. The highest BCUT2D eigenvalue weighted by Gasteiger charge is 2.37. The van der Waals surface area contributed by atoms with Crippen LogP contribution in [0.5, 0.6) is 0 Å². The van der Waals surface area contributed by atoms with E-state index in [0.29, 0.717) is 24.4 Å². The van der Waals surface area contributed by atoms with Crippen molar-refractivity contribution in [2.24, 2.45) is 12.5 Å². The van der Waals surface area contributed by atoms with Crippen LogP contribution in [0.15, 0.2) is 41.3 Å². The number of aryl methyl sites for hydroxylation is 1. The molecule has 0 bridgehead atoms. The summed E-state index contributed by atoms with van der Waals surface area (Å²) in [4.78, 5) is 17.0. The van der Waals surface area contributed by atoms with Crippen LogP contribution >= 0.6 is 0 Å². The van der Waals surface area contributed by atoms with Crippen molar-refractivity contribution in [2.75, 3.05) is 13.2 Å². The van der Waals surface area contributed by atoms with E-state index in [9.17, 15) is 9.18 Å². The first kappa shape index (κ1) is 18.9. The van der Waals surface area contributed by atoms with E-state index in [1.807, 2.05) is 22.8 Å². The summed E-state index contributed by atoms with van der Waals surface area (Å²) < 4.78 is 22.4. The van der Waals surface area contributed by atoms with Gasteiger partial charge in [-0.1, -0.05) is 19.9 Å². The molecule has 5 rings (SSSR count). The summed E-state index contributed by atoms with van der Waals surface area (Å²) in [7, 11) is 1.72. The zero-order valence-electron chi connectivity index (χ0n) is 17.1. The van der Waals surface area contributed by atoms with Crippen LogP contribution < -0.4 is 5.69 Å². The minimum Gasteiger partial charge on any atom is -0.381 e. The first-order valence-corrected chi connectivity index (χ1v) is 9.94. The number of rotatable bonds is 2. The maximum Gasteiger partial charge on any atom is 0.330 e. The molecule has 1 atom stereocenters. The summed E-state index contributed by atoms with van der Waals surface area (Å²) in [5, 5.41) is 9.51. The Kier molecular flexibility index (Phi) is 4.21. The SMILES string of the molecule is Cn1c(=O)n([C@H]2CCOCC2(C)C)c2c3cc(-c4ccc(F)nc4)ccc3nnc21. The Balaban J connectivity index is 1.82. The highest BCUT2D eigenvalue weighted by Crippen LogP contribution is 2.39. The van der Waals surface area contributed by atoms with Gasteiger partial charge in [-0.25, -0.2) is 9.78 Å². The lowest BCUT2D eigenvalue weighted by Crippen LogP contribution is -2.41. The second-order valence-corrected chi connectivity index (χ2v) is 8.53. The minimum atomic E-state index is -0.522. The molecule has 0 N–H and O–H groups in total. The second kappa shape index (κ2) is 6.70. The van der Waals surface area contributed by atoms with Crippen molar-refractivity contribution in [1.82, 2.24) is 24.3 Å². The molecular weight excluding hydrogens is 385 g/mol. The zero-order chi connectivity index (χ0) is 21.0. The molecule has 0 spiro atoms. The van der Waals surface area contributed by atoms with Crippen LogP contribution in [0, 0.1) is 11.4 Å². The largest absolute Gasteiger partial charge is 0.381 e. The van der Waals surface area contributed by atoms with Gasteiger partial charge in [-0.15, -0.1) is 10.2 Å². The smallest absolute Gasteiger partial charge is 0.330 e. The number of hydrogen-bond acceptors (Lipinski definition) is 5. The molecule has 154 valence electrons. The molecule has 1 aromatic carbocycles. The molecule has 7 nitrogen and oxygen atoms in total. The predicted molar refractivity (Wildman–Crippen MR) is 112 cm³/mol. The fraction of sp³-hybridized carbons (Fsp3) is 0.364. The van der Waals surface area contributed by atoms with Crippen molar-refractivity contribution in [3.8, 4) is 11.1 Å². The summed E-state index contributed by atoms with van der Waals surface area (Å²) in [5.41, 5.74) is 3.36. The average Bonchev–Trinajstić information content (AvgIpc) is 2.99. The van der Waals surface area contributed by atoms with Crippen molar-refractivity contribution in [1.29, 1.82) is 0 Å². The van der Waals surface area contributed by atoms with E-state index in [1.165, 1.54) is 12.3 Å². The minimum absolute atomic E-state index is 0.0222. The van der Waals surface area contributed by atoms with Gasteiger partial charge in [0.15, 0.2) is 5.65 Å². The maximum absolute atomic E-state index is 13.3. The number of imidazole rings is 1. The first-order valence-electron chi connectivity index (χ1n) is 9.94. The number of benzene rings is 1. The highest BCUT2D eigenvalue weighted by molar-refractivity contribution is 6.02. The van der Waals surface area contributed by atoms with Gasteiger partial charge >= 0.3 is 5.69 Å². The number of aromatic nitrogens is 5. The van der Waals surface area contributed by atoms with Crippen LogP contribution in [-0.4, -0.2) is 37.5 Å². The molecule has 1 aliphatic rings. The van der Waals surface area contributed by atoms with Crippen LogP contribution in [-0.2, 0) is 11.8 Å². The van der Waals surface area contributed by atoms with E-state index in [0.717, 1.165) is 28.5 Å². The molecule has 1 saturated heterocycles. The number of fused-ring (bicyclic) bond motifs is 3. The Morgan fingerprint density at radius 1 is 1.17 bits per heavy atom. The molecule has 1 fully saturated rings. The van der Waals surface area contributed by atoms with Gasteiger partial charge < -0.3 is 4.74 Å². The third-order valence-electron chi connectivity index (χ3n) is 6.05. The second-order valence-electron chi connectivity index (χ2n) is 8.53. The van der Waals surface area contributed by atoms with E-state index in [-0.39, 0.29) is 17.1 Å². The van der Waals surface area contributed by atoms with Crippen LogP contribution in [0.1, 0.15) is 26.3 Å². The number of nitrogens with zero attached hydrogens (tertiary/aromatic N) is 5. The van der Waals surface area contributed by atoms with Crippen molar-refractivity contribution >= 4 is 22.1 Å². The van der Waals surface area contributed by atoms with Crippen molar-refractivity contribution in [3.63, 3.8) is 0 Å². The predicted octanol–water partition coefficient (Wildman–Crippen LogP) is 3.47. The third-order valence-corrected chi connectivity index (χ3v) is 6.05. The molecule has 1 aliphatic heterocycles.